The van der Waals surface area contributed by atoms with Crippen molar-refractivity contribution in [2.24, 2.45) is 11.8 Å². The van der Waals surface area contributed by atoms with E-state index in [9.17, 15) is 13.2 Å². The molecule has 1 aliphatic heterocycles. The quantitative estimate of drug-likeness (QED) is 0.474. The maximum Gasteiger partial charge on any atom is 0.416 e. The van der Waals surface area contributed by atoms with Gasteiger partial charge >= 0.3 is 18.2 Å². The fourth-order valence-corrected chi connectivity index (χ4v) is 5.07. The van der Waals surface area contributed by atoms with Gasteiger partial charge in [-0.15, -0.1) is 5.10 Å². The Kier molecular flexibility index (Phi) is 6.02. The number of rotatable bonds is 6. The lowest BCUT2D eigenvalue weighted by atomic mass is 9.92. The van der Waals surface area contributed by atoms with Crippen molar-refractivity contribution in [3.8, 4) is 11.8 Å². The van der Waals surface area contributed by atoms with E-state index < -0.39 is 11.7 Å². The number of alkyl halides is 3. The van der Waals surface area contributed by atoms with Crippen molar-refractivity contribution >= 4 is 23.6 Å². The van der Waals surface area contributed by atoms with E-state index in [-0.39, 0.29) is 28.9 Å². The molecule has 188 valence electrons. The third-order valence-corrected chi connectivity index (χ3v) is 6.63. The third-order valence-electron chi connectivity index (χ3n) is 6.41. The molecule has 0 radical (unpaired) electrons. The Morgan fingerprint density at radius 2 is 1.86 bits per heavy atom. The Morgan fingerprint density at radius 1 is 1.14 bits per heavy atom. The number of anilines is 2. The lowest BCUT2D eigenvalue weighted by Gasteiger charge is -2.37. The fraction of sp³-hybridized carbons (Fsp3) is 0.545. The van der Waals surface area contributed by atoms with Crippen LogP contribution < -0.4 is 15.0 Å². The molecule has 1 saturated carbocycles. The molecule has 2 aromatic heterocycles. The van der Waals surface area contributed by atoms with E-state index in [2.05, 4.69) is 30.4 Å². The molecule has 2 aliphatic rings. The van der Waals surface area contributed by atoms with Crippen LogP contribution in [-0.2, 0) is 6.18 Å². The topological polar surface area (TPSA) is 94.1 Å². The van der Waals surface area contributed by atoms with Gasteiger partial charge in [0, 0.05) is 24.2 Å². The smallest absolute Gasteiger partial charge is 0.416 e. The first-order valence-corrected chi connectivity index (χ1v) is 11.8. The molecular weight excluding hydrogens is 487 g/mol. The highest BCUT2D eigenvalue weighted by molar-refractivity contribution is 6.30. The van der Waals surface area contributed by atoms with Gasteiger partial charge < -0.3 is 19.5 Å². The molecule has 0 amide bonds. The number of ether oxygens (including phenoxy) is 1. The molecule has 3 heterocycles. The third kappa shape index (κ3) is 4.89. The minimum absolute atomic E-state index is 0.0612. The zero-order valence-corrected chi connectivity index (χ0v) is 20.1. The summed E-state index contributed by atoms with van der Waals surface area (Å²) < 4.78 is 52.2. The monoisotopic (exact) mass is 511 g/mol. The van der Waals surface area contributed by atoms with Crippen LogP contribution >= 0.6 is 11.6 Å². The van der Waals surface area contributed by atoms with E-state index in [1.807, 2.05) is 13.8 Å². The van der Waals surface area contributed by atoms with Crippen molar-refractivity contribution in [2.75, 3.05) is 23.3 Å². The van der Waals surface area contributed by atoms with Gasteiger partial charge in [0.25, 0.3) is 0 Å². The average molecular weight is 512 g/mol. The van der Waals surface area contributed by atoms with E-state index in [1.54, 1.807) is 6.92 Å². The predicted molar refractivity (Wildman–Crippen MR) is 122 cm³/mol. The van der Waals surface area contributed by atoms with E-state index >= 15 is 0 Å². The van der Waals surface area contributed by atoms with Gasteiger partial charge in [0.15, 0.2) is 5.82 Å². The number of halogens is 4. The average Bonchev–Trinajstić information content (AvgIpc) is 3.43. The first-order chi connectivity index (χ1) is 16.6. The Hall–Kier alpha value is -3.02. The highest BCUT2D eigenvalue weighted by Crippen LogP contribution is 2.40. The SMILES string of the molecule is Cc1noc(N2C[C@H]3CC[C@@H](C2)C3Nc2nc(Oc3cc(Cl)cc(C(F)(F)F)c3)n(C(C)C)n2)n1. The van der Waals surface area contributed by atoms with Gasteiger partial charge in [0.05, 0.1) is 11.6 Å². The van der Waals surface area contributed by atoms with Crippen LogP contribution in [0.5, 0.6) is 11.8 Å². The van der Waals surface area contributed by atoms with Gasteiger partial charge in [0.1, 0.15) is 5.75 Å². The molecule has 3 aromatic rings. The number of nitrogens with one attached hydrogen (secondary N) is 1. The van der Waals surface area contributed by atoms with E-state index in [0.29, 0.717) is 29.6 Å². The Morgan fingerprint density at radius 3 is 2.46 bits per heavy atom. The minimum atomic E-state index is -4.55. The molecule has 35 heavy (non-hydrogen) atoms. The van der Waals surface area contributed by atoms with Crippen LogP contribution in [0.3, 0.4) is 0 Å². The number of benzene rings is 1. The van der Waals surface area contributed by atoms with E-state index in [4.69, 9.17) is 20.9 Å². The molecule has 1 aliphatic carbocycles. The molecule has 9 nitrogen and oxygen atoms in total. The summed E-state index contributed by atoms with van der Waals surface area (Å²) in [4.78, 5) is 10.9. The molecule has 2 bridgehead atoms. The van der Waals surface area contributed by atoms with Crippen molar-refractivity contribution in [1.82, 2.24) is 24.9 Å². The molecule has 1 saturated heterocycles. The molecule has 1 aromatic carbocycles. The second-order valence-electron chi connectivity index (χ2n) is 9.33. The first-order valence-electron chi connectivity index (χ1n) is 11.4. The standard InChI is InChI=1S/C22H25ClF3N7O2/c1-11(2)33-21(34-17-7-15(22(24,25)26)6-16(23)8-17)29-19(30-33)28-18-13-4-5-14(18)10-32(9-13)20-27-12(3)31-35-20/h6-8,11,13-14,18H,4-5,9-10H2,1-3H3,(H,28,30)/t13-,14+,18?. The molecule has 3 atom stereocenters. The van der Waals surface area contributed by atoms with Crippen LogP contribution in [-0.4, -0.2) is 44.0 Å². The van der Waals surface area contributed by atoms with Gasteiger partial charge in [-0.05, 0) is 63.6 Å². The van der Waals surface area contributed by atoms with Gasteiger partial charge in [-0.3, -0.25) is 0 Å². The molecular formula is C22H25ClF3N7O2. The number of piperidine rings is 1. The maximum absolute atomic E-state index is 13.2. The number of nitrogens with zero attached hydrogens (tertiary/aromatic N) is 6. The zero-order valence-electron chi connectivity index (χ0n) is 19.4. The van der Waals surface area contributed by atoms with E-state index in [1.165, 1.54) is 10.7 Å². The summed E-state index contributed by atoms with van der Waals surface area (Å²) in [6, 6.07) is 3.71. The summed E-state index contributed by atoms with van der Waals surface area (Å²) in [6.45, 7) is 7.11. The lowest BCUT2D eigenvalue weighted by Crippen LogP contribution is -2.48. The van der Waals surface area contributed by atoms with Crippen molar-refractivity contribution < 1.29 is 22.4 Å². The van der Waals surface area contributed by atoms with Crippen molar-refractivity contribution in [2.45, 2.75) is 51.9 Å². The van der Waals surface area contributed by atoms with Crippen molar-refractivity contribution in [3.05, 3.63) is 34.6 Å². The maximum atomic E-state index is 13.2. The Balaban J connectivity index is 1.34. The van der Waals surface area contributed by atoms with Crippen molar-refractivity contribution in [1.29, 1.82) is 0 Å². The van der Waals surface area contributed by atoms with Gasteiger partial charge in [0.2, 0.25) is 5.95 Å². The fourth-order valence-electron chi connectivity index (χ4n) is 4.84. The first kappa shape index (κ1) is 23.7. The summed E-state index contributed by atoms with van der Waals surface area (Å²) in [5.74, 6) is 1.58. The molecule has 1 unspecified atom stereocenters. The van der Waals surface area contributed by atoms with Gasteiger partial charge in [-0.1, -0.05) is 16.8 Å². The van der Waals surface area contributed by atoms with Crippen LogP contribution in [0.25, 0.3) is 0 Å². The summed E-state index contributed by atoms with van der Waals surface area (Å²) in [5, 5.41) is 11.8. The van der Waals surface area contributed by atoms with Crippen LogP contribution in [0.15, 0.2) is 22.7 Å². The number of hydrogen-bond donors (Lipinski definition) is 1. The molecule has 13 heteroatoms. The Bertz CT molecular complexity index is 1200. The van der Waals surface area contributed by atoms with Crippen LogP contribution in [0, 0.1) is 18.8 Å². The number of fused-ring (bicyclic) bond motifs is 2. The zero-order chi connectivity index (χ0) is 24.9. The van der Waals surface area contributed by atoms with Crippen LogP contribution in [0.4, 0.5) is 25.1 Å². The normalized spacial score (nSPS) is 22.2. The Labute approximate surface area is 204 Å². The second-order valence-corrected chi connectivity index (χ2v) is 9.76. The summed E-state index contributed by atoms with van der Waals surface area (Å²) in [6.07, 6.45) is -2.46. The molecule has 0 spiro atoms. The molecule has 1 N–H and O–H groups in total. The second kappa shape index (κ2) is 8.89. The minimum Gasteiger partial charge on any atom is -0.424 e. The van der Waals surface area contributed by atoms with Gasteiger partial charge in [-0.2, -0.15) is 23.1 Å². The molecule has 2 fully saturated rings. The number of hydrogen-bond acceptors (Lipinski definition) is 8. The number of aromatic nitrogens is 5. The predicted octanol–water partition coefficient (Wildman–Crippen LogP) is 5.34. The lowest BCUT2D eigenvalue weighted by molar-refractivity contribution is -0.137. The van der Waals surface area contributed by atoms with Gasteiger partial charge in [-0.25, -0.2) is 4.68 Å². The summed E-state index contributed by atoms with van der Waals surface area (Å²) in [7, 11) is 0. The largest absolute Gasteiger partial charge is 0.424 e. The van der Waals surface area contributed by atoms with Crippen molar-refractivity contribution in [3.63, 3.8) is 0 Å². The molecule has 5 rings (SSSR count). The van der Waals surface area contributed by atoms with E-state index in [0.717, 1.165) is 38.1 Å². The number of aryl methyl sites for hydroxylation is 1. The highest BCUT2D eigenvalue weighted by Gasteiger charge is 2.44. The van der Waals surface area contributed by atoms with Crippen LogP contribution in [0.2, 0.25) is 5.02 Å². The summed E-state index contributed by atoms with van der Waals surface area (Å²) >= 11 is 5.90. The highest BCUT2D eigenvalue weighted by atomic mass is 35.5. The summed E-state index contributed by atoms with van der Waals surface area (Å²) in [5.41, 5.74) is -0.895. The van der Waals surface area contributed by atoms with Crippen LogP contribution in [0.1, 0.15) is 44.1 Å².